The number of thiocarbonyl (C=S) groups is 1. The number of esters is 1. The van der Waals surface area contributed by atoms with E-state index >= 15 is 0 Å². The van der Waals surface area contributed by atoms with Gasteiger partial charge in [0.1, 0.15) is 24.1 Å². The van der Waals surface area contributed by atoms with Crippen LogP contribution in [-0.4, -0.2) is 34.1 Å². The molecule has 31 heavy (non-hydrogen) atoms. The molecule has 160 valence electrons. The average Bonchev–Trinajstić information content (AvgIpc) is 3.36. The van der Waals surface area contributed by atoms with Gasteiger partial charge in [-0.1, -0.05) is 23.7 Å². The summed E-state index contributed by atoms with van der Waals surface area (Å²) in [6.07, 6.45) is 1.73. The highest BCUT2D eigenvalue weighted by Gasteiger charge is 2.42. The molecule has 4 rings (SSSR count). The SMILES string of the molecule is CCOC(=O)CN1C(=S)N[C@@H](c2ccccn2)[C@H]1c1ccc(-c2cc(Cl)ccc2C)o1. The summed E-state index contributed by atoms with van der Waals surface area (Å²) in [6, 6.07) is 14.6. The van der Waals surface area contributed by atoms with Gasteiger partial charge in [0.05, 0.1) is 18.3 Å². The molecule has 1 fully saturated rings. The van der Waals surface area contributed by atoms with E-state index in [4.69, 9.17) is 33.0 Å². The fourth-order valence-electron chi connectivity index (χ4n) is 3.75. The van der Waals surface area contributed by atoms with E-state index in [0.29, 0.717) is 28.3 Å². The largest absolute Gasteiger partial charge is 0.465 e. The van der Waals surface area contributed by atoms with Crippen LogP contribution in [0.25, 0.3) is 11.3 Å². The highest BCUT2D eigenvalue weighted by molar-refractivity contribution is 7.80. The Morgan fingerprint density at radius 1 is 1.29 bits per heavy atom. The number of rotatable bonds is 6. The maximum Gasteiger partial charge on any atom is 0.325 e. The molecule has 8 heteroatoms. The van der Waals surface area contributed by atoms with E-state index in [-0.39, 0.29) is 24.6 Å². The van der Waals surface area contributed by atoms with Crippen LogP contribution in [0.2, 0.25) is 5.02 Å². The molecular weight excluding hydrogens is 434 g/mol. The number of nitrogens with one attached hydrogen (secondary N) is 1. The van der Waals surface area contributed by atoms with Crippen LogP contribution in [0.15, 0.2) is 59.1 Å². The van der Waals surface area contributed by atoms with Gasteiger partial charge < -0.3 is 19.4 Å². The molecule has 0 aliphatic carbocycles. The van der Waals surface area contributed by atoms with Crippen molar-refractivity contribution in [3.05, 3.63) is 76.8 Å². The van der Waals surface area contributed by atoms with Gasteiger partial charge in [0.2, 0.25) is 0 Å². The number of nitrogens with zero attached hydrogens (tertiary/aromatic N) is 2. The Balaban J connectivity index is 1.73. The molecule has 1 saturated heterocycles. The fourth-order valence-corrected chi connectivity index (χ4v) is 4.22. The zero-order valence-corrected chi connectivity index (χ0v) is 18.7. The number of halogens is 1. The summed E-state index contributed by atoms with van der Waals surface area (Å²) in [5.41, 5.74) is 2.77. The predicted molar refractivity (Wildman–Crippen MR) is 123 cm³/mol. The van der Waals surface area contributed by atoms with E-state index in [1.165, 1.54) is 0 Å². The number of carbonyl (C=O) groups is 1. The normalized spacial score (nSPS) is 18.2. The van der Waals surface area contributed by atoms with Crippen molar-refractivity contribution in [3.8, 4) is 11.3 Å². The van der Waals surface area contributed by atoms with Crippen LogP contribution in [0, 0.1) is 6.92 Å². The van der Waals surface area contributed by atoms with Gasteiger partial charge in [-0.05, 0) is 68.0 Å². The molecule has 0 spiro atoms. The number of benzene rings is 1. The highest BCUT2D eigenvalue weighted by Crippen LogP contribution is 2.40. The van der Waals surface area contributed by atoms with E-state index in [0.717, 1.165) is 16.8 Å². The number of hydrogen-bond acceptors (Lipinski definition) is 5. The number of furan rings is 1. The standard InChI is InChI=1S/C23H22ClN3O3S/c1-3-29-20(28)13-27-22(21(26-23(27)31)17-6-4-5-11-25-17)19-10-9-18(30-19)16-12-15(24)8-7-14(16)2/h4-12,21-22H,3,13H2,1-2H3,(H,26,31)/t21-,22+/m0/s1. The molecule has 1 aromatic carbocycles. The summed E-state index contributed by atoms with van der Waals surface area (Å²) in [4.78, 5) is 18.5. The molecule has 2 aromatic heterocycles. The topological polar surface area (TPSA) is 67.6 Å². The van der Waals surface area contributed by atoms with Crippen LogP contribution in [0.3, 0.4) is 0 Å². The van der Waals surface area contributed by atoms with Crippen molar-refractivity contribution in [1.29, 1.82) is 0 Å². The Hall–Kier alpha value is -2.90. The van der Waals surface area contributed by atoms with Crippen molar-refractivity contribution >= 4 is 34.9 Å². The molecule has 0 unspecified atom stereocenters. The summed E-state index contributed by atoms with van der Waals surface area (Å²) < 4.78 is 11.4. The molecule has 1 aliphatic heterocycles. The number of hydrogen-bond donors (Lipinski definition) is 1. The van der Waals surface area contributed by atoms with Gasteiger partial charge in [-0.25, -0.2) is 0 Å². The van der Waals surface area contributed by atoms with Crippen LogP contribution in [-0.2, 0) is 9.53 Å². The van der Waals surface area contributed by atoms with E-state index < -0.39 is 0 Å². The Morgan fingerprint density at radius 3 is 2.87 bits per heavy atom. The van der Waals surface area contributed by atoms with E-state index in [1.807, 2.05) is 55.5 Å². The maximum absolute atomic E-state index is 12.3. The third-order valence-electron chi connectivity index (χ3n) is 5.19. The highest BCUT2D eigenvalue weighted by atomic mass is 35.5. The molecule has 1 N–H and O–H groups in total. The van der Waals surface area contributed by atoms with Crippen molar-refractivity contribution < 1.29 is 13.9 Å². The van der Waals surface area contributed by atoms with E-state index in [1.54, 1.807) is 18.0 Å². The third kappa shape index (κ3) is 4.43. The molecule has 1 aliphatic rings. The van der Waals surface area contributed by atoms with Crippen LogP contribution < -0.4 is 5.32 Å². The minimum absolute atomic E-state index is 0.0138. The number of pyridine rings is 1. The molecule has 6 nitrogen and oxygen atoms in total. The fraction of sp³-hybridized carbons (Fsp3) is 0.261. The second kappa shape index (κ2) is 9.08. The molecule has 2 atom stereocenters. The molecule has 0 saturated carbocycles. The molecule has 3 heterocycles. The molecule has 0 amide bonds. The number of carbonyl (C=O) groups excluding carboxylic acids is 1. The van der Waals surface area contributed by atoms with Crippen LogP contribution in [0.1, 0.15) is 36.0 Å². The lowest BCUT2D eigenvalue weighted by Crippen LogP contribution is -2.35. The van der Waals surface area contributed by atoms with E-state index in [2.05, 4.69) is 10.3 Å². The van der Waals surface area contributed by atoms with Gasteiger partial charge in [-0.3, -0.25) is 9.78 Å². The van der Waals surface area contributed by atoms with Gasteiger partial charge in [0, 0.05) is 16.8 Å². The zero-order valence-electron chi connectivity index (χ0n) is 17.2. The third-order valence-corrected chi connectivity index (χ3v) is 5.77. The van der Waals surface area contributed by atoms with Gasteiger partial charge in [0.25, 0.3) is 0 Å². The lowest BCUT2D eigenvalue weighted by atomic mass is 10.0. The maximum atomic E-state index is 12.3. The van der Waals surface area contributed by atoms with Crippen molar-refractivity contribution in [3.63, 3.8) is 0 Å². The van der Waals surface area contributed by atoms with Crippen LogP contribution in [0.4, 0.5) is 0 Å². The molecule has 3 aromatic rings. The quantitative estimate of drug-likeness (QED) is 0.421. The van der Waals surface area contributed by atoms with E-state index in [9.17, 15) is 4.79 Å². The Labute approximate surface area is 191 Å². The molecule has 0 radical (unpaired) electrons. The summed E-state index contributed by atoms with van der Waals surface area (Å²) >= 11 is 11.8. The van der Waals surface area contributed by atoms with Crippen molar-refractivity contribution in [2.75, 3.05) is 13.2 Å². The smallest absolute Gasteiger partial charge is 0.325 e. The summed E-state index contributed by atoms with van der Waals surface area (Å²) in [7, 11) is 0. The predicted octanol–water partition coefficient (Wildman–Crippen LogP) is 4.84. The van der Waals surface area contributed by atoms with Crippen molar-refractivity contribution in [1.82, 2.24) is 15.2 Å². The average molecular weight is 456 g/mol. The first-order valence-corrected chi connectivity index (χ1v) is 10.8. The minimum Gasteiger partial charge on any atom is -0.465 e. The minimum atomic E-state index is -0.361. The second-order valence-corrected chi connectivity index (χ2v) is 8.04. The summed E-state index contributed by atoms with van der Waals surface area (Å²) in [6.45, 7) is 4.10. The number of ether oxygens (including phenoxy) is 1. The van der Waals surface area contributed by atoms with Crippen LogP contribution >= 0.6 is 23.8 Å². The monoisotopic (exact) mass is 455 g/mol. The second-order valence-electron chi connectivity index (χ2n) is 7.22. The number of aromatic nitrogens is 1. The first-order chi connectivity index (χ1) is 15.0. The van der Waals surface area contributed by atoms with Crippen molar-refractivity contribution in [2.24, 2.45) is 0 Å². The summed E-state index contributed by atoms with van der Waals surface area (Å²) in [5.74, 6) is 1.01. The lowest BCUT2D eigenvalue weighted by molar-refractivity contribution is -0.143. The Morgan fingerprint density at radius 2 is 2.13 bits per heavy atom. The molecular formula is C23H22ClN3O3S. The first kappa shape index (κ1) is 21.3. The Kier molecular flexibility index (Phi) is 6.25. The molecule has 0 bridgehead atoms. The zero-order chi connectivity index (χ0) is 22.0. The van der Waals surface area contributed by atoms with Gasteiger partial charge in [0.15, 0.2) is 5.11 Å². The first-order valence-electron chi connectivity index (χ1n) is 9.98. The Bertz CT molecular complexity index is 1100. The number of aryl methyl sites for hydroxylation is 1. The van der Waals surface area contributed by atoms with Crippen molar-refractivity contribution in [2.45, 2.75) is 25.9 Å². The lowest BCUT2D eigenvalue weighted by Gasteiger charge is -2.25. The van der Waals surface area contributed by atoms with Gasteiger partial charge in [-0.2, -0.15) is 0 Å². The van der Waals surface area contributed by atoms with Gasteiger partial charge in [-0.15, -0.1) is 0 Å². The van der Waals surface area contributed by atoms with Gasteiger partial charge >= 0.3 is 5.97 Å². The summed E-state index contributed by atoms with van der Waals surface area (Å²) in [5, 5.41) is 4.38. The van der Waals surface area contributed by atoms with Crippen LogP contribution in [0.5, 0.6) is 0 Å².